The van der Waals surface area contributed by atoms with Crippen LogP contribution >= 0.6 is 0 Å². The van der Waals surface area contributed by atoms with Gasteiger partial charge in [-0.05, 0) is 50.0 Å². The van der Waals surface area contributed by atoms with Crippen LogP contribution in [0.4, 0.5) is 0 Å². The monoisotopic (exact) mass is 268 g/mol. The highest BCUT2D eigenvalue weighted by atomic mass is 16.2. The molecule has 1 aliphatic heterocycles. The summed E-state index contributed by atoms with van der Waals surface area (Å²) >= 11 is 0. The number of nitrogens with zero attached hydrogens (tertiary/aromatic N) is 1. The fraction of sp³-hybridized carbons (Fsp3) is 0.938. The topological polar surface area (TPSA) is 46.3 Å². The summed E-state index contributed by atoms with van der Waals surface area (Å²) in [6.45, 7) is 12.6. The maximum absolute atomic E-state index is 12.5. The predicted molar refractivity (Wildman–Crippen MR) is 80.8 cm³/mol. The summed E-state index contributed by atoms with van der Waals surface area (Å²) in [5.41, 5.74) is 6.06. The molecule has 2 N–H and O–H groups in total. The van der Waals surface area contributed by atoms with Crippen LogP contribution in [-0.2, 0) is 4.79 Å². The zero-order valence-electron chi connectivity index (χ0n) is 13.4. The molecule has 0 aromatic rings. The number of nitrogens with two attached hydrogens (primary N) is 1. The molecule has 1 aliphatic rings. The predicted octanol–water partition coefficient (Wildman–Crippen LogP) is 3.03. The summed E-state index contributed by atoms with van der Waals surface area (Å²) in [7, 11) is 0. The highest BCUT2D eigenvalue weighted by molar-refractivity contribution is 5.76. The highest BCUT2D eigenvalue weighted by Gasteiger charge is 2.29. The van der Waals surface area contributed by atoms with E-state index in [-0.39, 0.29) is 0 Å². The van der Waals surface area contributed by atoms with E-state index in [2.05, 4.69) is 39.5 Å². The summed E-state index contributed by atoms with van der Waals surface area (Å²) < 4.78 is 0. The first-order valence-corrected chi connectivity index (χ1v) is 7.72. The molecule has 0 saturated carbocycles. The van der Waals surface area contributed by atoms with E-state index >= 15 is 0 Å². The fourth-order valence-corrected chi connectivity index (χ4v) is 3.26. The van der Waals surface area contributed by atoms with E-state index < -0.39 is 0 Å². The molecule has 1 rings (SSSR count). The summed E-state index contributed by atoms with van der Waals surface area (Å²) in [4.78, 5) is 14.5. The molecule has 1 fully saturated rings. The third kappa shape index (κ3) is 5.52. The maximum Gasteiger partial charge on any atom is 0.223 e. The van der Waals surface area contributed by atoms with Crippen molar-refractivity contribution < 1.29 is 4.79 Å². The van der Waals surface area contributed by atoms with Crippen LogP contribution in [0, 0.1) is 17.3 Å². The lowest BCUT2D eigenvalue weighted by Gasteiger charge is -2.38. The van der Waals surface area contributed by atoms with Crippen molar-refractivity contribution in [3.05, 3.63) is 0 Å². The zero-order valence-corrected chi connectivity index (χ0v) is 13.4. The van der Waals surface area contributed by atoms with Gasteiger partial charge in [-0.15, -0.1) is 0 Å². The van der Waals surface area contributed by atoms with Crippen molar-refractivity contribution >= 4 is 5.91 Å². The van der Waals surface area contributed by atoms with Crippen molar-refractivity contribution in [2.45, 2.75) is 66.3 Å². The smallest absolute Gasteiger partial charge is 0.223 e. The lowest BCUT2D eigenvalue weighted by Crippen LogP contribution is -2.47. The lowest BCUT2D eigenvalue weighted by molar-refractivity contribution is -0.136. The minimum Gasteiger partial charge on any atom is -0.340 e. The van der Waals surface area contributed by atoms with Gasteiger partial charge < -0.3 is 10.6 Å². The minimum atomic E-state index is 0.299. The van der Waals surface area contributed by atoms with Gasteiger partial charge >= 0.3 is 0 Å². The number of piperidine rings is 1. The molecule has 3 atom stereocenters. The van der Waals surface area contributed by atoms with Crippen molar-refractivity contribution in [2.75, 3.05) is 13.1 Å². The number of likely N-dealkylation sites (tertiary alicyclic amines) is 1. The van der Waals surface area contributed by atoms with E-state index in [0.717, 1.165) is 19.4 Å². The van der Waals surface area contributed by atoms with Gasteiger partial charge in [0.05, 0.1) is 0 Å². The van der Waals surface area contributed by atoms with E-state index in [1.807, 2.05) is 0 Å². The van der Waals surface area contributed by atoms with Gasteiger partial charge in [-0.3, -0.25) is 4.79 Å². The van der Waals surface area contributed by atoms with E-state index in [0.29, 0.717) is 42.2 Å². The highest BCUT2D eigenvalue weighted by Crippen LogP contribution is 2.28. The van der Waals surface area contributed by atoms with Crippen molar-refractivity contribution in [1.29, 1.82) is 0 Å². The Hall–Kier alpha value is -0.570. The summed E-state index contributed by atoms with van der Waals surface area (Å²) in [6.07, 6.45) is 4.04. The quantitative estimate of drug-likeness (QED) is 0.852. The molecule has 0 aliphatic carbocycles. The SMILES string of the molecule is CC(CC(=O)N1CC(CN)CCC1C)CC(C)(C)C. The van der Waals surface area contributed by atoms with Gasteiger partial charge in [0, 0.05) is 19.0 Å². The number of amides is 1. The van der Waals surface area contributed by atoms with Crippen LogP contribution in [0.3, 0.4) is 0 Å². The normalized spacial score (nSPS) is 26.3. The number of hydrogen-bond acceptors (Lipinski definition) is 2. The Bertz CT molecular complexity index is 296. The Balaban J connectivity index is 2.51. The van der Waals surface area contributed by atoms with E-state index in [1.54, 1.807) is 0 Å². The Morgan fingerprint density at radius 2 is 2.00 bits per heavy atom. The molecule has 0 radical (unpaired) electrons. The summed E-state index contributed by atoms with van der Waals surface area (Å²) in [5, 5.41) is 0. The van der Waals surface area contributed by atoms with Gasteiger partial charge in [-0.1, -0.05) is 27.7 Å². The Morgan fingerprint density at radius 3 is 2.53 bits per heavy atom. The van der Waals surface area contributed by atoms with Gasteiger partial charge in [0.25, 0.3) is 0 Å². The maximum atomic E-state index is 12.5. The average Bonchev–Trinajstić information content (AvgIpc) is 2.26. The molecule has 3 heteroatoms. The first-order chi connectivity index (χ1) is 8.73. The van der Waals surface area contributed by atoms with Crippen LogP contribution in [0.2, 0.25) is 0 Å². The van der Waals surface area contributed by atoms with Gasteiger partial charge in [0.1, 0.15) is 0 Å². The van der Waals surface area contributed by atoms with Gasteiger partial charge in [-0.2, -0.15) is 0 Å². The van der Waals surface area contributed by atoms with Crippen LogP contribution in [0.5, 0.6) is 0 Å². The number of rotatable bonds is 4. The van der Waals surface area contributed by atoms with Crippen LogP contribution in [0.25, 0.3) is 0 Å². The number of carbonyl (C=O) groups is 1. The summed E-state index contributed by atoms with van der Waals surface area (Å²) in [5.74, 6) is 1.28. The molecule has 112 valence electrons. The third-order valence-electron chi connectivity index (χ3n) is 4.12. The first kappa shape index (κ1) is 16.5. The molecule has 3 unspecified atom stereocenters. The fourth-order valence-electron chi connectivity index (χ4n) is 3.26. The molecule has 1 saturated heterocycles. The first-order valence-electron chi connectivity index (χ1n) is 7.72. The Morgan fingerprint density at radius 1 is 1.37 bits per heavy atom. The van der Waals surface area contributed by atoms with Crippen molar-refractivity contribution in [1.82, 2.24) is 4.90 Å². The Kier molecular flexibility index (Phi) is 5.84. The van der Waals surface area contributed by atoms with Crippen molar-refractivity contribution in [3.8, 4) is 0 Å². The molecule has 19 heavy (non-hydrogen) atoms. The molecule has 1 heterocycles. The summed E-state index contributed by atoms with van der Waals surface area (Å²) in [6, 6.07) is 0.386. The van der Waals surface area contributed by atoms with Crippen LogP contribution in [-0.4, -0.2) is 29.9 Å². The molecule has 0 aromatic carbocycles. The standard InChI is InChI=1S/C16H32N2O/c1-12(9-16(3,4)5)8-15(19)18-11-14(10-17)7-6-13(18)2/h12-14H,6-11,17H2,1-5H3. The molecule has 1 amide bonds. The van der Waals surface area contributed by atoms with Crippen LogP contribution < -0.4 is 5.73 Å². The van der Waals surface area contributed by atoms with Crippen LogP contribution in [0.1, 0.15) is 60.3 Å². The molecule has 0 bridgehead atoms. The third-order valence-corrected chi connectivity index (χ3v) is 4.12. The average molecular weight is 268 g/mol. The second-order valence-electron chi connectivity index (χ2n) is 7.65. The van der Waals surface area contributed by atoms with Crippen LogP contribution in [0.15, 0.2) is 0 Å². The van der Waals surface area contributed by atoms with Crippen molar-refractivity contribution in [2.24, 2.45) is 23.0 Å². The molecular weight excluding hydrogens is 236 g/mol. The van der Waals surface area contributed by atoms with E-state index in [4.69, 9.17) is 5.73 Å². The largest absolute Gasteiger partial charge is 0.340 e. The van der Waals surface area contributed by atoms with E-state index in [1.165, 1.54) is 6.42 Å². The lowest BCUT2D eigenvalue weighted by atomic mass is 9.83. The van der Waals surface area contributed by atoms with Gasteiger partial charge in [0.2, 0.25) is 5.91 Å². The second-order valence-corrected chi connectivity index (χ2v) is 7.65. The van der Waals surface area contributed by atoms with Gasteiger partial charge in [-0.25, -0.2) is 0 Å². The number of carbonyl (C=O) groups excluding carboxylic acids is 1. The molecular formula is C16H32N2O. The minimum absolute atomic E-state index is 0.299. The molecule has 0 spiro atoms. The zero-order chi connectivity index (χ0) is 14.6. The van der Waals surface area contributed by atoms with E-state index in [9.17, 15) is 4.79 Å². The second kappa shape index (κ2) is 6.74. The molecule has 3 nitrogen and oxygen atoms in total. The number of hydrogen-bond donors (Lipinski definition) is 1. The van der Waals surface area contributed by atoms with Crippen molar-refractivity contribution in [3.63, 3.8) is 0 Å². The molecule has 0 aromatic heterocycles. The Labute approximate surface area is 118 Å². The van der Waals surface area contributed by atoms with Gasteiger partial charge in [0.15, 0.2) is 0 Å².